The maximum Gasteiger partial charge on any atom is 0.142 e. The van der Waals surface area contributed by atoms with Crippen LogP contribution in [-0.2, 0) is 6.42 Å². The van der Waals surface area contributed by atoms with E-state index >= 15 is 0 Å². The number of aromatic nitrogens is 1. The Labute approximate surface area is 118 Å². The van der Waals surface area contributed by atoms with Crippen LogP contribution in [0.3, 0.4) is 0 Å². The minimum Gasteiger partial charge on any atom is -0.497 e. The number of nitrogens with one attached hydrogen (secondary N) is 1. The first-order valence-corrected chi connectivity index (χ1v) is 6.72. The number of pyridine rings is 1. The predicted molar refractivity (Wildman–Crippen MR) is 77.3 cm³/mol. The van der Waals surface area contributed by atoms with Gasteiger partial charge < -0.3 is 14.8 Å². The van der Waals surface area contributed by atoms with Gasteiger partial charge in [0.15, 0.2) is 0 Å². The molecule has 3 rings (SSSR count). The van der Waals surface area contributed by atoms with Crippen molar-refractivity contribution in [3.05, 3.63) is 53.3 Å². The summed E-state index contributed by atoms with van der Waals surface area (Å²) in [6.45, 7) is 0.921. The molecular formula is C16H18N2O2. The topological polar surface area (TPSA) is 43.4 Å². The van der Waals surface area contributed by atoms with Crippen molar-refractivity contribution < 1.29 is 9.47 Å². The van der Waals surface area contributed by atoms with Crippen molar-refractivity contribution in [1.29, 1.82) is 0 Å². The molecular weight excluding hydrogens is 252 g/mol. The van der Waals surface area contributed by atoms with Crippen LogP contribution in [0.15, 0.2) is 36.5 Å². The highest BCUT2D eigenvalue weighted by Gasteiger charge is 2.25. The third-order valence-electron chi connectivity index (χ3n) is 3.70. The van der Waals surface area contributed by atoms with Gasteiger partial charge in [0.2, 0.25) is 0 Å². The number of ether oxygens (including phenoxy) is 2. The predicted octanol–water partition coefficient (Wildman–Crippen LogP) is 2.33. The van der Waals surface area contributed by atoms with Crippen LogP contribution in [0.5, 0.6) is 11.5 Å². The van der Waals surface area contributed by atoms with Crippen molar-refractivity contribution in [2.75, 3.05) is 20.8 Å². The van der Waals surface area contributed by atoms with Crippen LogP contribution in [0.2, 0.25) is 0 Å². The molecule has 0 bridgehead atoms. The molecule has 1 aromatic carbocycles. The summed E-state index contributed by atoms with van der Waals surface area (Å²) in [6, 6.07) is 10.1. The van der Waals surface area contributed by atoms with Gasteiger partial charge in [0, 0.05) is 12.7 Å². The zero-order valence-electron chi connectivity index (χ0n) is 11.7. The van der Waals surface area contributed by atoms with Crippen LogP contribution in [0.25, 0.3) is 0 Å². The quantitative estimate of drug-likeness (QED) is 0.929. The summed E-state index contributed by atoms with van der Waals surface area (Å²) in [5, 5.41) is 3.52. The molecule has 1 aliphatic rings. The van der Waals surface area contributed by atoms with E-state index in [9.17, 15) is 0 Å². The maximum absolute atomic E-state index is 5.43. The van der Waals surface area contributed by atoms with Gasteiger partial charge >= 0.3 is 0 Å². The Bertz CT molecular complexity index is 613. The molecule has 4 nitrogen and oxygen atoms in total. The highest BCUT2D eigenvalue weighted by Crippen LogP contribution is 2.33. The number of nitrogens with zero attached hydrogens (tertiary/aromatic N) is 1. The monoisotopic (exact) mass is 270 g/mol. The number of benzene rings is 1. The van der Waals surface area contributed by atoms with Crippen LogP contribution in [0, 0.1) is 0 Å². The summed E-state index contributed by atoms with van der Waals surface area (Å²) in [4.78, 5) is 4.50. The summed E-state index contributed by atoms with van der Waals surface area (Å²) in [6.07, 6.45) is 2.80. The largest absolute Gasteiger partial charge is 0.497 e. The first kappa shape index (κ1) is 12.9. The molecule has 1 atom stereocenters. The summed E-state index contributed by atoms with van der Waals surface area (Å²) >= 11 is 0. The molecule has 4 heteroatoms. The highest BCUT2D eigenvalue weighted by molar-refractivity contribution is 5.45. The minimum absolute atomic E-state index is 0.0702. The molecule has 0 saturated carbocycles. The van der Waals surface area contributed by atoms with Gasteiger partial charge in [0.1, 0.15) is 17.2 Å². The van der Waals surface area contributed by atoms with E-state index in [1.165, 1.54) is 11.1 Å². The number of fused-ring (bicyclic) bond motifs is 1. The Morgan fingerprint density at radius 3 is 2.90 bits per heavy atom. The second kappa shape index (κ2) is 5.51. The second-order valence-electron chi connectivity index (χ2n) is 4.79. The van der Waals surface area contributed by atoms with E-state index in [2.05, 4.69) is 22.4 Å². The second-order valence-corrected chi connectivity index (χ2v) is 4.79. The Kier molecular flexibility index (Phi) is 3.56. The molecule has 0 fully saturated rings. The van der Waals surface area contributed by atoms with Crippen molar-refractivity contribution in [3.63, 3.8) is 0 Å². The summed E-state index contributed by atoms with van der Waals surface area (Å²) in [5.74, 6) is 1.71. The molecule has 0 saturated heterocycles. The zero-order chi connectivity index (χ0) is 13.9. The Balaban J connectivity index is 2.05. The van der Waals surface area contributed by atoms with Gasteiger partial charge in [0.05, 0.1) is 20.3 Å². The fourth-order valence-electron chi connectivity index (χ4n) is 2.70. The van der Waals surface area contributed by atoms with Crippen LogP contribution >= 0.6 is 0 Å². The van der Waals surface area contributed by atoms with Crippen LogP contribution in [-0.4, -0.2) is 25.7 Å². The number of hydrogen-bond donors (Lipinski definition) is 1. The first-order chi connectivity index (χ1) is 9.83. The first-order valence-electron chi connectivity index (χ1n) is 6.72. The molecule has 1 aliphatic heterocycles. The highest BCUT2D eigenvalue weighted by atomic mass is 16.5. The number of rotatable bonds is 3. The zero-order valence-corrected chi connectivity index (χ0v) is 11.7. The van der Waals surface area contributed by atoms with E-state index in [4.69, 9.17) is 9.47 Å². The van der Waals surface area contributed by atoms with Crippen LogP contribution < -0.4 is 14.8 Å². The third kappa shape index (κ3) is 2.23. The number of hydrogen-bond acceptors (Lipinski definition) is 4. The van der Waals surface area contributed by atoms with Gasteiger partial charge in [-0.15, -0.1) is 0 Å². The Hall–Kier alpha value is -2.07. The molecule has 2 aromatic rings. The number of methoxy groups -OCH3 is 2. The van der Waals surface area contributed by atoms with Crippen molar-refractivity contribution in [2.24, 2.45) is 0 Å². The fraction of sp³-hybridized carbons (Fsp3) is 0.312. The van der Waals surface area contributed by atoms with E-state index in [-0.39, 0.29) is 6.04 Å². The standard InChI is InChI=1S/C16H18N2O2/c1-19-12-5-6-13-11(10-12)7-9-18-15(13)16-14(20-2)4-3-8-17-16/h3-6,8,10,15,18H,7,9H2,1-2H3. The van der Waals surface area contributed by atoms with Crippen molar-refractivity contribution in [3.8, 4) is 11.5 Å². The molecule has 1 aromatic heterocycles. The fourth-order valence-corrected chi connectivity index (χ4v) is 2.70. The van der Waals surface area contributed by atoms with E-state index in [0.717, 1.165) is 30.2 Å². The Morgan fingerprint density at radius 2 is 2.10 bits per heavy atom. The molecule has 20 heavy (non-hydrogen) atoms. The average molecular weight is 270 g/mol. The van der Waals surface area contributed by atoms with Crippen LogP contribution in [0.4, 0.5) is 0 Å². The van der Waals surface area contributed by atoms with E-state index < -0.39 is 0 Å². The lowest BCUT2D eigenvalue weighted by atomic mass is 9.91. The minimum atomic E-state index is 0.0702. The van der Waals surface area contributed by atoms with E-state index in [1.54, 1.807) is 20.4 Å². The lowest BCUT2D eigenvalue weighted by Crippen LogP contribution is -2.31. The van der Waals surface area contributed by atoms with Gasteiger partial charge in [-0.05, 0) is 41.8 Å². The molecule has 0 amide bonds. The molecule has 1 N–H and O–H groups in total. The molecule has 0 spiro atoms. The van der Waals surface area contributed by atoms with Crippen molar-refractivity contribution >= 4 is 0 Å². The van der Waals surface area contributed by atoms with Gasteiger partial charge in [-0.25, -0.2) is 0 Å². The van der Waals surface area contributed by atoms with E-state index in [0.29, 0.717) is 0 Å². The lowest BCUT2D eigenvalue weighted by Gasteiger charge is -2.27. The van der Waals surface area contributed by atoms with Crippen molar-refractivity contribution in [2.45, 2.75) is 12.5 Å². The summed E-state index contributed by atoms with van der Waals surface area (Å²) in [5.41, 5.74) is 3.48. The van der Waals surface area contributed by atoms with Gasteiger partial charge in [-0.1, -0.05) is 6.07 Å². The van der Waals surface area contributed by atoms with Gasteiger partial charge in [-0.2, -0.15) is 0 Å². The third-order valence-corrected chi connectivity index (χ3v) is 3.70. The van der Waals surface area contributed by atoms with Gasteiger partial charge in [0.25, 0.3) is 0 Å². The molecule has 1 unspecified atom stereocenters. The average Bonchev–Trinajstić information content (AvgIpc) is 2.53. The molecule has 0 radical (unpaired) electrons. The lowest BCUT2D eigenvalue weighted by molar-refractivity contribution is 0.397. The normalized spacial score (nSPS) is 17.4. The SMILES string of the molecule is COc1ccc2c(c1)CCNC2c1ncccc1OC. The summed E-state index contributed by atoms with van der Waals surface area (Å²) in [7, 11) is 3.38. The van der Waals surface area contributed by atoms with E-state index in [1.807, 2.05) is 18.2 Å². The summed E-state index contributed by atoms with van der Waals surface area (Å²) < 4.78 is 10.7. The Morgan fingerprint density at radius 1 is 1.20 bits per heavy atom. The molecule has 2 heterocycles. The molecule has 0 aliphatic carbocycles. The van der Waals surface area contributed by atoms with Gasteiger partial charge in [-0.3, -0.25) is 4.98 Å². The smallest absolute Gasteiger partial charge is 0.142 e. The maximum atomic E-state index is 5.43. The van der Waals surface area contributed by atoms with Crippen molar-refractivity contribution in [1.82, 2.24) is 10.3 Å². The molecule has 104 valence electrons. The van der Waals surface area contributed by atoms with Crippen LogP contribution in [0.1, 0.15) is 22.9 Å².